The molecule has 4 heteroatoms. The van der Waals surface area contributed by atoms with Crippen LogP contribution < -0.4 is 5.73 Å². The highest BCUT2D eigenvalue weighted by molar-refractivity contribution is 8.14. The molecule has 118 valence electrons. The second kappa shape index (κ2) is 10.8. The van der Waals surface area contributed by atoms with Gasteiger partial charge in [0.1, 0.15) is 0 Å². The minimum atomic E-state index is -0.160. The second-order valence-corrected chi connectivity index (χ2v) is 6.18. The van der Waals surface area contributed by atoms with Crippen molar-refractivity contribution in [2.45, 2.75) is 46.0 Å². The van der Waals surface area contributed by atoms with E-state index in [0.29, 0.717) is 6.54 Å². The Kier molecular flexibility index (Phi) is 9.35. The van der Waals surface area contributed by atoms with Crippen molar-refractivity contribution < 1.29 is 4.39 Å². The maximum atomic E-state index is 12.5. The highest BCUT2D eigenvalue weighted by Crippen LogP contribution is 2.29. The van der Waals surface area contributed by atoms with Crippen molar-refractivity contribution in [1.29, 1.82) is 0 Å². The molecule has 0 aliphatic heterocycles. The van der Waals surface area contributed by atoms with Gasteiger partial charge < -0.3 is 5.73 Å². The first-order chi connectivity index (χ1) is 10.2. The van der Waals surface area contributed by atoms with Gasteiger partial charge in [-0.05, 0) is 57.6 Å². The SMILES string of the molecule is CCN=C(SCC/C=C\C=C(/C)F)C1=C(CN)CCCC1. The lowest BCUT2D eigenvalue weighted by Gasteiger charge is -2.20. The molecule has 0 heterocycles. The Labute approximate surface area is 132 Å². The van der Waals surface area contributed by atoms with E-state index in [1.165, 1.54) is 42.0 Å². The van der Waals surface area contributed by atoms with E-state index in [-0.39, 0.29) is 5.83 Å². The number of nitrogens with two attached hydrogens (primary N) is 1. The molecule has 1 aliphatic carbocycles. The second-order valence-electron chi connectivity index (χ2n) is 5.09. The lowest BCUT2D eigenvalue weighted by molar-refractivity contribution is 0.640. The van der Waals surface area contributed by atoms with Crippen LogP contribution >= 0.6 is 11.8 Å². The van der Waals surface area contributed by atoms with Gasteiger partial charge in [-0.15, -0.1) is 11.8 Å². The third-order valence-corrected chi connectivity index (χ3v) is 4.46. The molecule has 1 rings (SSSR count). The zero-order valence-corrected chi connectivity index (χ0v) is 14.0. The Bertz CT molecular complexity index is 432. The average Bonchev–Trinajstić information content (AvgIpc) is 2.49. The third-order valence-electron chi connectivity index (χ3n) is 3.37. The molecule has 0 spiro atoms. The summed E-state index contributed by atoms with van der Waals surface area (Å²) in [6.45, 7) is 4.98. The van der Waals surface area contributed by atoms with Crippen LogP contribution in [0, 0.1) is 0 Å². The fourth-order valence-corrected chi connectivity index (χ4v) is 3.43. The van der Waals surface area contributed by atoms with Gasteiger partial charge in [0.2, 0.25) is 0 Å². The smallest absolute Gasteiger partial charge is 0.0968 e. The molecule has 0 saturated heterocycles. The molecular formula is C17H27FN2S. The Balaban J connectivity index is 2.58. The van der Waals surface area contributed by atoms with Crippen molar-refractivity contribution >= 4 is 16.8 Å². The summed E-state index contributed by atoms with van der Waals surface area (Å²) in [5, 5.41) is 1.17. The summed E-state index contributed by atoms with van der Waals surface area (Å²) in [4.78, 5) is 4.66. The zero-order valence-electron chi connectivity index (χ0n) is 13.2. The van der Waals surface area contributed by atoms with Crippen LogP contribution in [0.2, 0.25) is 0 Å². The van der Waals surface area contributed by atoms with Crippen LogP contribution in [0.4, 0.5) is 4.39 Å². The van der Waals surface area contributed by atoms with Crippen LogP contribution in [0.5, 0.6) is 0 Å². The molecule has 0 unspecified atom stereocenters. The van der Waals surface area contributed by atoms with Gasteiger partial charge in [-0.25, -0.2) is 4.39 Å². The molecule has 0 aromatic heterocycles. The van der Waals surface area contributed by atoms with E-state index >= 15 is 0 Å². The van der Waals surface area contributed by atoms with Crippen LogP contribution in [0.25, 0.3) is 0 Å². The standard InChI is InChI=1S/C17H27FN2S/c1-3-20-17(16-11-7-6-10-15(16)13-19)21-12-8-4-5-9-14(2)18/h4-5,9H,3,6-8,10-13,19H2,1-2H3/b5-4-,14-9+,20-17?. The highest BCUT2D eigenvalue weighted by atomic mass is 32.2. The van der Waals surface area contributed by atoms with Crippen LogP contribution in [0.1, 0.15) is 46.0 Å². The molecule has 0 saturated carbocycles. The molecule has 0 atom stereocenters. The Morgan fingerprint density at radius 1 is 1.38 bits per heavy atom. The molecule has 0 aromatic carbocycles. The van der Waals surface area contributed by atoms with Gasteiger partial charge in [-0.3, -0.25) is 4.99 Å². The van der Waals surface area contributed by atoms with Crippen LogP contribution in [0.15, 0.2) is 40.2 Å². The van der Waals surface area contributed by atoms with E-state index in [2.05, 4.69) is 11.9 Å². The maximum Gasteiger partial charge on any atom is 0.0968 e. The molecule has 21 heavy (non-hydrogen) atoms. The van der Waals surface area contributed by atoms with Gasteiger partial charge in [0.25, 0.3) is 0 Å². The number of thioether (sulfide) groups is 1. The van der Waals surface area contributed by atoms with Gasteiger partial charge in [0.15, 0.2) is 0 Å². The summed E-state index contributed by atoms with van der Waals surface area (Å²) in [6, 6.07) is 0. The number of hydrogen-bond donors (Lipinski definition) is 1. The number of halogens is 1. The third kappa shape index (κ3) is 7.09. The molecule has 0 aromatic rings. The van der Waals surface area contributed by atoms with Crippen molar-refractivity contribution in [1.82, 2.24) is 0 Å². The lowest BCUT2D eigenvalue weighted by Crippen LogP contribution is -2.15. The van der Waals surface area contributed by atoms with Gasteiger partial charge in [0, 0.05) is 18.8 Å². The van der Waals surface area contributed by atoms with Crippen molar-refractivity contribution in [3.63, 3.8) is 0 Å². The fraction of sp³-hybridized carbons (Fsp3) is 0.588. The number of nitrogens with zero attached hydrogens (tertiary/aromatic N) is 1. The summed E-state index contributed by atoms with van der Waals surface area (Å²) in [5.74, 6) is 0.808. The molecule has 0 radical (unpaired) electrons. The maximum absolute atomic E-state index is 12.5. The van der Waals surface area contributed by atoms with Gasteiger partial charge in [-0.2, -0.15) is 0 Å². The van der Waals surface area contributed by atoms with E-state index < -0.39 is 0 Å². The van der Waals surface area contributed by atoms with Crippen molar-refractivity contribution in [3.8, 4) is 0 Å². The fourth-order valence-electron chi connectivity index (χ4n) is 2.34. The summed E-state index contributed by atoms with van der Waals surface area (Å²) >= 11 is 1.80. The molecule has 0 bridgehead atoms. The molecule has 2 N–H and O–H groups in total. The Morgan fingerprint density at radius 2 is 2.14 bits per heavy atom. The molecule has 0 fully saturated rings. The quantitative estimate of drug-likeness (QED) is 0.318. The summed E-state index contributed by atoms with van der Waals surface area (Å²) in [7, 11) is 0. The van der Waals surface area contributed by atoms with Crippen molar-refractivity contribution in [2.24, 2.45) is 10.7 Å². The van der Waals surface area contributed by atoms with Gasteiger partial charge in [-0.1, -0.05) is 17.7 Å². The van der Waals surface area contributed by atoms with E-state index in [1.54, 1.807) is 17.8 Å². The first-order valence-electron chi connectivity index (χ1n) is 7.76. The van der Waals surface area contributed by atoms with Crippen molar-refractivity contribution in [3.05, 3.63) is 35.2 Å². The monoisotopic (exact) mass is 310 g/mol. The van der Waals surface area contributed by atoms with Crippen molar-refractivity contribution in [2.75, 3.05) is 18.8 Å². The minimum Gasteiger partial charge on any atom is -0.327 e. The first kappa shape index (κ1) is 18.2. The predicted octanol–water partition coefficient (Wildman–Crippen LogP) is 4.79. The van der Waals surface area contributed by atoms with Crippen LogP contribution in [0.3, 0.4) is 0 Å². The first-order valence-corrected chi connectivity index (χ1v) is 8.75. The zero-order chi connectivity index (χ0) is 15.5. The van der Waals surface area contributed by atoms with E-state index in [1.807, 2.05) is 6.08 Å². The number of aliphatic imine (C=N–C) groups is 1. The Morgan fingerprint density at radius 3 is 2.81 bits per heavy atom. The molecular weight excluding hydrogens is 283 g/mol. The lowest BCUT2D eigenvalue weighted by atomic mass is 9.92. The molecule has 2 nitrogen and oxygen atoms in total. The topological polar surface area (TPSA) is 38.4 Å². The summed E-state index contributed by atoms with van der Waals surface area (Å²) < 4.78 is 12.5. The highest BCUT2D eigenvalue weighted by Gasteiger charge is 2.16. The number of allylic oxidation sites excluding steroid dienone is 4. The summed E-state index contributed by atoms with van der Waals surface area (Å²) in [5.41, 5.74) is 8.64. The number of rotatable bonds is 7. The van der Waals surface area contributed by atoms with Crippen LogP contribution in [-0.4, -0.2) is 23.9 Å². The van der Waals surface area contributed by atoms with E-state index in [9.17, 15) is 4.39 Å². The number of hydrogen-bond acceptors (Lipinski definition) is 3. The average molecular weight is 310 g/mol. The normalized spacial score (nSPS) is 17.9. The summed E-state index contributed by atoms with van der Waals surface area (Å²) in [6.07, 6.45) is 10.9. The van der Waals surface area contributed by atoms with Crippen LogP contribution in [-0.2, 0) is 0 Å². The minimum absolute atomic E-state index is 0.160. The van der Waals surface area contributed by atoms with Gasteiger partial charge in [0.05, 0.1) is 10.9 Å². The molecule has 1 aliphatic rings. The van der Waals surface area contributed by atoms with E-state index in [4.69, 9.17) is 5.73 Å². The van der Waals surface area contributed by atoms with E-state index in [0.717, 1.165) is 31.6 Å². The largest absolute Gasteiger partial charge is 0.327 e. The Hall–Kier alpha value is -0.870. The van der Waals surface area contributed by atoms with Gasteiger partial charge >= 0.3 is 0 Å². The molecule has 0 amide bonds. The predicted molar refractivity (Wildman–Crippen MR) is 93.6 cm³/mol.